The molecule has 1 saturated carbocycles. The molecule has 106 valence electrons. The summed E-state index contributed by atoms with van der Waals surface area (Å²) in [4.78, 5) is 0. The molecule has 1 nitrogen and oxygen atoms in total. The lowest BCUT2D eigenvalue weighted by Crippen LogP contribution is -2.30. The molecule has 0 aromatic heterocycles. The Hall–Kier alpha value is -1.26. The van der Waals surface area contributed by atoms with Crippen LogP contribution in [0.25, 0.3) is 0 Å². The summed E-state index contributed by atoms with van der Waals surface area (Å²) in [7, 11) is 0. The van der Waals surface area contributed by atoms with Crippen molar-refractivity contribution < 1.29 is 22.7 Å². The van der Waals surface area contributed by atoms with Crippen LogP contribution in [-0.4, -0.2) is 11.3 Å². The fraction of sp³-hybridized carbons (Fsp3) is 0.571. The molecule has 0 amide bonds. The maximum atomic E-state index is 13.9. The Kier molecular flexibility index (Phi) is 3.07. The molecule has 0 heterocycles. The number of phenolic OH excluding ortho intramolecular Hbond substituents is 1. The van der Waals surface area contributed by atoms with Crippen molar-refractivity contribution in [2.45, 2.75) is 51.1 Å². The number of hydrogen-bond acceptors (Lipinski definition) is 1. The quantitative estimate of drug-likeness (QED) is 0.785. The Morgan fingerprint density at radius 1 is 1.26 bits per heavy atom. The molecule has 2 rings (SSSR count). The molecular formula is C14H16F4O. The highest BCUT2D eigenvalue weighted by atomic mass is 19.4. The van der Waals surface area contributed by atoms with Crippen molar-refractivity contribution in [2.24, 2.45) is 0 Å². The first-order valence-corrected chi connectivity index (χ1v) is 6.21. The molecule has 0 atom stereocenters. The van der Waals surface area contributed by atoms with E-state index < -0.39 is 23.2 Å². The van der Waals surface area contributed by atoms with E-state index in [-0.39, 0.29) is 35.4 Å². The molecule has 1 aliphatic carbocycles. The van der Waals surface area contributed by atoms with Crippen LogP contribution in [-0.2, 0) is 5.41 Å². The predicted molar refractivity (Wildman–Crippen MR) is 63.9 cm³/mol. The standard InChI is InChI=1S/C14H16F4O/c1-7(2)9-6-10(8(3)11(15)12(9)19)13(4-5-13)14(16,17)18/h6-7,19H,4-5H2,1-3H3. The van der Waals surface area contributed by atoms with Crippen molar-refractivity contribution in [1.82, 2.24) is 0 Å². The van der Waals surface area contributed by atoms with E-state index in [4.69, 9.17) is 0 Å². The highest BCUT2D eigenvalue weighted by Gasteiger charge is 2.64. The van der Waals surface area contributed by atoms with Gasteiger partial charge in [0.05, 0.1) is 5.41 Å². The molecule has 1 N–H and O–H groups in total. The molecule has 1 aromatic carbocycles. The number of benzene rings is 1. The lowest BCUT2D eigenvalue weighted by atomic mass is 9.86. The van der Waals surface area contributed by atoms with E-state index in [1.165, 1.54) is 13.0 Å². The second kappa shape index (κ2) is 4.12. The summed E-state index contributed by atoms with van der Waals surface area (Å²) < 4.78 is 53.4. The summed E-state index contributed by atoms with van der Waals surface area (Å²) >= 11 is 0. The Morgan fingerprint density at radius 3 is 2.16 bits per heavy atom. The molecule has 1 aromatic rings. The summed E-state index contributed by atoms with van der Waals surface area (Å²) in [6, 6.07) is 1.32. The lowest BCUT2D eigenvalue weighted by molar-refractivity contribution is -0.160. The van der Waals surface area contributed by atoms with Gasteiger partial charge in [0, 0.05) is 0 Å². The first-order valence-electron chi connectivity index (χ1n) is 6.21. The summed E-state index contributed by atoms with van der Waals surface area (Å²) in [5, 5.41) is 9.71. The normalized spacial score (nSPS) is 17.9. The van der Waals surface area contributed by atoms with Crippen LogP contribution in [0, 0.1) is 12.7 Å². The Bertz CT molecular complexity index is 513. The molecule has 0 spiro atoms. The number of rotatable bonds is 2. The number of hydrogen-bond donors (Lipinski definition) is 1. The van der Waals surface area contributed by atoms with Crippen LogP contribution in [0.5, 0.6) is 5.75 Å². The van der Waals surface area contributed by atoms with Gasteiger partial charge in [-0.2, -0.15) is 13.2 Å². The van der Waals surface area contributed by atoms with E-state index in [9.17, 15) is 22.7 Å². The summed E-state index contributed by atoms with van der Waals surface area (Å²) in [5.41, 5.74) is -1.82. The van der Waals surface area contributed by atoms with Crippen LogP contribution < -0.4 is 0 Å². The summed E-state index contributed by atoms with van der Waals surface area (Å²) in [6.45, 7) is 4.71. The highest BCUT2D eigenvalue weighted by molar-refractivity contribution is 5.50. The maximum absolute atomic E-state index is 13.9. The van der Waals surface area contributed by atoms with Crippen LogP contribution in [0.3, 0.4) is 0 Å². The number of alkyl halides is 3. The van der Waals surface area contributed by atoms with Crippen LogP contribution in [0.15, 0.2) is 6.07 Å². The fourth-order valence-corrected chi connectivity index (χ4v) is 2.52. The minimum Gasteiger partial charge on any atom is -0.505 e. The van der Waals surface area contributed by atoms with Crippen molar-refractivity contribution >= 4 is 0 Å². The lowest BCUT2D eigenvalue weighted by Gasteiger charge is -2.24. The first kappa shape index (κ1) is 14.2. The van der Waals surface area contributed by atoms with Gasteiger partial charge < -0.3 is 5.11 Å². The number of aromatic hydroxyl groups is 1. The molecule has 0 aliphatic heterocycles. The van der Waals surface area contributed by atoms with Crippen LogP contribution in [0.2, 0.25) is 0 Å². The van der Waals surface area contributed by atoms with Crippen molar-refractivity contribution in [3.63, 3.8) is 0 Å². The fourth-order valence-electron chi connectivity index (χ4n) is 2.52. The molecular weight excluding hydrogens is 260 g/mol. The highest BCUT2D eigenvalue weighted by Crippen LogP contribution is 2.60. The average Bonchev–Trinajstić information content (AvgIpc) is 3.06. The average molecular weight is 276 g/mol. The van der Waals surface area contributed by atoms with Gasteiger partial charge in [0.15, 0.2) is 11.6 Å². The Morgan fingerprint density at radius 2 is 1.79 bits per heavy atom. The van der Waals surface area contributed by atoms with Gasteiger partial charge in [-0.25, -0.2) is 4.39 Å². The minimum atomic E-state index is -4.38. The topological polar surface area (TPSA) is 20.2 Å². The van der Waals surface area contributed by atoms with Crippen molar-refractivity contribution in [1.29, 1.82) is 0 Å². The molecule has 1 aliphatic rings. The number of phenols is 1. The molecule has 0 bridgehead atoms. The van der Waals surface area contributed by atoms with Crippen LogP contribution in [0.1, 0.15) is 49.3 Å². The Balaban J connectivity index is 2.66. The Labute approximate surface area is 109 Å². The smallest absolute Gasteiger partial charge is 0.398 e. The molecule has 0 unspecified atom stereocenters. The molecule has 0 saturated heterocycles. The second-order valence-electron chi connectivity index (χ2n) is 5.54. The third kappa shape index (κ3) is 1.99. The van der Waals surface area contributed by atoms with E-state index in [2.05, 4.69) is 0 Å². The number of halogens is 4. The van der Waals surface area contributed by atoms with Crippen molar-refractivity contribution in [3.05, 3.63) is 28.6 Å². The zero-order valence-electron chi connectivity index (χ0n) is 11.0. The third-order valence-electron chi connectivity index (χ3n) is 3.94. The largest absolute Gasteiger partial charge is 0.505 e. The van der Waals surface area contributed by atoms with E-state index in [1.54, 1.807) is 13.8 Å². The van der Waals surface area contributed by atoms with Gasteiger partial charge in [0.25, 0.3) is 0 Å². The van der Waals surface area contributed by atoms with E-state index >= 15 is 0 Å². The van der Waals surface area contributed by atoms with Crippen molar-refractivity contribution in [3.8, 4) is 5.75 Å². The van der Waals surface area contributed by atoms with Gasteiger partial charge in [0.2, 0.25) is 0 Å². The van der Waals surface area contributed by atoms with Gasteiger partial charge >= 0.3 is 6.18 Å². The zero-order valence-corrected chi connectivity index (χ0v) is 11.0. The summed E-state index contributed by atoms with van der Waals surface area (Å²) in [6.07, 6.45) is -4.41. The van der Waals surface area contributed by atoms with E-state index in [0.29, 0.717) is 0 Å². The molecule has 19 heavy (non-hydrogen) atoms. The minimum absolute atomic E-state index is 0.0148. The zero-order chi connectivity index (χ0) is 14.6. The van der Waals surface area contributed by atoms with Crippen molar-refractivity contribution in [2.75, 3.05) is 0 Å². The van der Waals surface area contributed by atoms with Gasteiger partial charge in [-0.15, -0.1) is 0 Å². The second-order valence-corrected chi connectivity index (χ2v) is 5.54. The van der Waals surface area contributed by atoms with E-state index in [1.807, 2.05) is 0 Å². The van der Waals surface area contributed by atoms with Gasteiger partial charge in [0.1, 0.15) is 0 Å². The third-order valence-corrected chi connectivity index (χ3v) is 3.94. The summed E-state index contributed by atoms with van der Waals surface area (Å²) in [5.74, 6) is -1.70. The predicted octanol–water partition coefficient (Wildman–Crippen LogP) is 4.56. The molecule has 1 fully saturated rings. The van der Waals surface area contributed by atoms with Gasteiger partial charge in [-0.1, -0.05) is 19.9 Å². The van der Waals surface area contributed by atoms with E-state index in [0.717, 1.165) is 0 Å². The maximum Gasteiger partial charge on any atom is 0.398 e. The SMILES string of the molecule is Cc1c(C2(C(F)(F)F)CC2)cc(C(C)C)c(O)c1F. The van der Waals surface area contributed by atoms with Crippen LogP contribution >= 0.6 is 0 Å². The first-order chi connectivity index (χ1) is 8.62. The molecule has 5 heteroatoms. The monoisotopic (exact) mass is 276 g/mol. The van der Waals surface area contributed by atoms with Crippen LogP contribution in [0.4, 0.5) is 17.6 Å². The van der Waals surface area contributed by atoms with Gasteiger partial charge in [-0.3, -0.25) is 0 Å². The molecule has 0 radical (unpaired) electrons. The van der Waals surface area contributed by atoms with Gasteiger partial charge in [-0.05, 0) is 42.4 Å².